The van der Waals surface area contributed by atoms with Crippen LogP contribution in [0.4, 0.5) is 8.78 Å². The first-order chi connectivity index (χ1) is 13.1. The van der Waals surface area contributed by atoms with Gasteiger partial charge in [0.05, 0.1) is 6.61 Å². The van der Waals surface area contributed by atoms with E-state index in [2.05, 4.69) is 18.7 Å². The second-order valence-corrected chi connectivity index (χ2v) is 7.39. The highest BCUT2D eigenvalue weighted by atomic mass is 19.2. The molecular weight excluding hydrogens is 342 g/mol. The van der Waals surface area contributed by atoms with Crippen LogP contribution in [0, 0.1) is 29.4 Å². The minimum Gasteiger partial charge on any atom is -0.491 e. The minimum absolute atomic E-state index is 0.0458. The summed E-state index contributed by atoms with van der Waals surface area (Å²) >= 11 is 0. The summed E-state index contributed by atoms with van der Waals surface area (Å²) in [6.45, 7) is 6.02. The van der Waals surface area contributed by atoms with Crippen molar-refractivity contribution < 1.29 is 13.5 Å². The fourth-order valence-electron chi connectivity index (χ4n) is 4.73. The van der Waals surface area contributed by atoms with Gasteiger partial charge in [-0.25, -0.2) is 4.39 Å². The van der Waals surface area contributed by atoms with Crippen LogP contribution >= 0.6 is 0 Å². The maximum Gasteiger partial charge on any atom is 0.201 e. The average molecular weight is 366 g/mol. The Morgan fingerprint density at radius 2 is 1.78 bits per heavy atom. The number of fused-ring (bicyclic) bond motifs is 1. The van der Waals surface area contributed by atoms with Gasteiger partial charge < -0.3 is 4.74 Å². The third-order valence-electron chi connectivity index (χ3n) is 6.07. The van der Waals surface area contributed by atoms with Crippen molar-refractivity contribution in [2.75, 3.05) is 6.61 Å². The molecule has 1 fully saturated rings. The Hall–Kier alpha value is -2.42. The number of hydrogen-bond donors (Lipinski definition) is 0. The lowest BCUT2D eigenvalue weighted by Crippen LogP contribution is -2.08. The van der Waals surface area contributed by atoms with Gasteiger partial charge in [-0.05, 0) is 72.8 Å². The lowest BCUT2D eigenvalue weighted by Gasteiger charge is -2.18. The van der Waals surface area contributed by atoms with Gasteiger partial charge in [0, 0.05) is 5.56 Å². The molecule has 0 bridgehead atoms. The Labute approximate surface area is 159 Å². The molecule has 140 valence electrons. The molecule has 2 aliphatic rings. The van der Waals surface area contributed by atoms with Crippen LogP contribution in [0.5, 0.6) is 5.75 Å². The summed E-state index contributed by atoms with van der Waals surface area (Å²) in [6.07, 6.45) is 7.97. The lowest BCUT2D eigenvalue weighted by molar-refractivity contribution is 0.314. The molecule has 4 rings (SSSR count). The zero-order chi connectivity index (χ0) is 19.0. The van der Waals surface area contributed by atoms with Crippen molar-refractivity contribution in [3.05, 3.63) is 72.3 Å². The molecule has 0 saturated heterocycles. The first kappa shape index (κ1) is 18.0. The third kappa shape index (κ3) is 3.09. The van der Waals surface area contributed by atoms with Crippen molar-refractivity contribution in [2.24, 2.45) is 17.8 Å². The molecule has 3 heteroatoms. The van der Waals surface area contributed by atoms with Gasteiger partial charge in [-0.2, -0.15) is 4.39 Å². The van der Waals surface area contributed by atoms with Gasteiger partial charge in [-0.3, -0.25) is 0 Å². The molecule has 0 aliphatic heterocycles. The van der Waals surface area contributed by atoms with E-state index in [1.165, 1.54) is 30.0 Å². The number of allylic oxidation sites excluding steroid dienone is 3. The third-order valence-corrected chi connectivity index (χ3v) is 6.07. The van der Waals surface area contributed by atoms with Crippen LogP contribution in [-0.2, 0) is 0 Å². The molecule has 0 amide bonds. The lowest BCUT2D eigenvalue weighted by atomic mass is 9.87. The van der Waals surface area contributed by atoms with Crippen LogP contribution in [0.25, 0.3) is 16.7 Å². The van der Waals surface area contributed by atoms with Gasteiger partial charge >= 0.3 is 0 Å². The van der Waals surface area contributed by atoms with Crippen LogP contribution in [0.15, 0.2) is 55.1 Å². The van der Waals surface area contributed by atoms with Crippen LogP contribution in [0.1, 0.15) is 31.7 Å². The van der Waals surface area contributed by atoms with E-state index in [9.17, 15) is 8.78 Å². The molecular formula is C24H24F2O. The Bertz CT molecular complexity index is 882. The number of benzene rings is 2. The highest BCUT2D eigenvalue weighted by Crippen LogP contribution is 2.51. The van der Waals surface area contributed by atoms with Crippen LogP contribution in [0.3, 0.4) is 0 Å². The Kier molecular flexibility index (Phi) is 4.86. The Morgan fingerprint density at radius 3 is 2.48 bits per heavy atom. The topological polar surface area (TPSA) is 9.23 Å². The van der Waals surface area contributed by atoms with Gasteiger partial charge in [0.1, 0.15) is 0 Å². The highest BCUT2D eigenvalue weighted by molar-refractivity contribution is 5.73. The predicted molar refractivity (Wildman–Crippen MR) is 105 cm³/mol. The molecule has 0 N–H and O–H groups in total. The maximum absolute atomic E-state index is 14.5. The van der Waals surface area contributed by atoms with E-state index in [1.54, 1.807) is 13.0 Å². The molecule has 2 aromatic rings. The Balaban J connectivity index is 1.59. The summed E-state index contributed by atoms with van der Waals surface area (Å²) in [5.74, 6) is 0.0486. The molecule has 1 nitrogen and oxygen atoms in total. The monoisotopic (exact) mass is 366 g/mol. The van der Waals surface area contributed by atoms with E-state index >= 15 is 0 Å². The normalized spacial score (nSPS) is 23.8. The average Bonchev–Trinajstić information content (AvgIpc) is 3.28. The molecule has 2 aromatic carbocycles. The summed E-state index contributed by atoms with van der Waals surface area (Å²) in [5.41, 5.74) is 3.51. The van der Waals surface area contributed by atoms with E-state index < -0.39 is 11.6 Å². The van der Waals surface area contributed by atoms with Gasteiger partial charge in [-0.15, -0.1) is 6.58 Å². The summed E-state index contributed by atoms with van der Waals surface area (Å²) in [6, 6.07) is 10.9. The first-order valence-electron chi connectivity index (χ1n) is 9.68. The van der Waals surface area contributed by atoms with Crippen molar-refractivity contribution in [3.63, 3.8) is 0 Å². The van der Waals surface area contributed by atoms with Crippen molar-refractivity contribution in [2.45, 2.75) is 26.2 Å². The van der Waals surface area contributed by atoms with Crippen LogP contribution in [-0.4, -0.2) is 6.61 Å². The van der Waals surface area contributed by atoms with Crippen LogP contribution < -0.4 is 4.74 Å². The summed E-state index contributed by atoms with van der Waals surface area (Å²) in [4.78, 5) is 0. The molecule has 3 atom stereocenters. The molecule has 0 heterocycles. The van der Waals surface area contributed by atoms with E-state index in [1.807, 2.05) is 24.3 Å². The van der Waals surface area contributed by atoms with Crippen LogP contribution in [0.2, 0.25) is 0 Å². The maximum atomic E-state index is 14.5. The van der Waals surface area contributed by atoms with E-state index in [0.717, 1.165) is 6.42 Å². The van der Waals surface area contributed by atoms with Gasteiger partial charge in [0.2, 0.25) is 5.82 Å². The molecule has 0 aromatic heterocycles. The van der Waals surface area contributed by atoms with Crippen molar-refractivity contribution in [1.82, 2.24) is 0 Å². The molecule has 0 radical (unpaired) electrons. The summed E-state index contributed by atoms with van der Waals surface area (Å²) in [5, 5.41) is 0. The van der Waals surface area contributed by atoms with Crippen molar-refractivity contribution in [3.8, 4) is 16.9 Å². The number of ether oxygens (including phenoxy) is 1. The molecule has 27 heavy (non-hydrogen) atoms. The number of hydrogen-bond acceptors (Lipinski definition) is 1. The molecule has 0 spiro atoms. The summed E-state index contributed by atoms with van der Waals surface area (Å²) in [7, 11) is 0. The predicted octanol–water partition coefficient (Wildman–Crippen LogP) is 6.65. The minimum atomic E-state index is -0.929. The smallest absolute Gasteiger partial charge is 0.201 e. The second kappa shape index (κ2) is 7.30. The highest BCUT2D eigenvalue weighted by Gasteiger charge is 2.39. The SMILES string of the molecule is C=CC1CCC2C(c3ccc(-c4ccc(OCC)c(F)c4F)cc3)=CCC12. The number of halogens is 2. The van der Waals surface area contributed by atoms with E-state index in [0.29, 0.717) is 29.9 Å². The fourth-order valence-corrected chi connectivity index (χ4v) is 4.73. The first-order valence-corrected chi connectivity index (χ1v) is 9.68. The standard InChI is InChI=1S/C24H24F2O/c1-3-15-9-10-21-18(15)11-12-19(21)16-5-7-17(8-6-16)20-13-14-22(27-4-2)24(26)23(20)25/h3,5-8,12-15,18,21H,1,4,9-11H2,2H3. The van der Waals surface area contributed by atoms with Crippen molar-refractivity contribution >= 4 is 5.57 Å². The van der Waals surface area contributed by atoms with Gasteiger partial charge in [-0.1, -0.05) is 36.4 Å². The molecule has 3 unspecified atom stereocenters. The molecule has 2 aliphatic carbocycles. The zero-order valence-electron chi connectivity index (χ0n) is 15.6. The zero-order valence-corrected chi connectivity index (χ0v) is 15.6. The summed E-state index contributed by atoms with van der Waals surface area (Å²) < 4.78 is 33.7. The van der Waals surface area contributed by atoms with Gasteiger partial charge in [0.15, 0.2) is 11.6 Å². The van der Waals surface area contributed by atoms with E-state index in [-0.39, 0.29) is 11.3 Å². The number of rotatable bonds is 5. The quantitative estimate of drug-likeness (QED) is 0.539. The second-order valence-electron chi connectivity index (χ2n) is 7.39. The molecule has 1 saturated carbocycles. The Morgan fingerprint density at radius 1 is 1.04 bits per heavy atom. The van der Waals surface area contributed by atoms with E-state index in [4.69, 9.17) is 4.74 Å². The largest absolute Gasteiger partial charge is 0.491 e. The fraction of sp³-hybridized carbons (Fsp3) is 0.333. The van der Waals surface area contributed by atoms with Crippen molar-refractivity contribution in [1.29, 1.82) is 0 Å². The van der Waals surface area contributed by atoms with Gasteiger partial charge in [0.25, 0.3) is 0 Å².